The van der Waals surface area contributed by atoms with Crippen molar-refractivity contribution in [3.8, 4) is 17.0 Å². The number of nitrogens with zero attached hydrogens (tertiary/aromatic N) is 1. The Kier molecular flexibility index (Phi) is 7.18. The summed E-state index contributed by atoms with van der Waals surface area (Å²) >= 11 is 0. The van der Waals surface area contributed by atoms with Gasteiger partial charge in [0.05, 0.1) is 12.7 Å². The highest BCUT2D eigenvalue weighted by Gasteiger charge is 2.22. The van der Waals surface area contributed by atoms with Gasteiger partial charge < -0.3 is 14.6 Å². The van der Waals surface area contributed by atoms with Crippen molar-refractivity contribution in [1.82, 2.24) is 9.88 Å². The van der Waals surface area contributed by atoms with E-state index in [1.807, 2.05) is 12.1 Å². The number of rotatable bonds is 8. The quantitative estimate of drug-likeness (QED) is 0.606. The number of unbranched alkanes of at least 4 members (excludes halogenated alkanes) is 1. The van der Waals surface area contributed by atoms with Gasteiger partial charge in [-0.05, 0) is 68.0 Å². The van der Waals surface area contributed by atoms with E-state index in [-0.39, 0.29) is 5.91 Å². The van der Waals surface area contributed by atoms with Crippen molar-refractivity contribution in [3.05, 3.63) is 41.6 Å². The third-order valence-electron chi connectivity index (χ3n) is 5.98. The Morgan fingerprint density at radius 2 is 1.89 bits per heavy atom. The van der Waals surface area contributed by atoms with Crippen molar-refractivity contribution in [2.24, 2.45) is 5.92 Å². The minimum absolute atomic E-state index is 0.0445. The zero-order chi connectivity index (χ0) is 19.9. The van der Waals surface area contributed by atoms with Crippen LogP contribution in [-0.4, -0.2) is 24.1 Å². The first kappa shape index (κ1) is 20.5. The molecule has 4 heteroatoms. The van der Waals surface area contributed by atoms with E-state index >= 15 is 0 Å². The number of hydrogen-bond acceptors (Lipinski definition) is 2. The minimum Gasteiger partial charge on any atom is -0.497 e. The van der Waals surface area contributed by atoms with Crippen LogP contribution >= 0.6 is 0 Å². The van der Waals surface area contributed by atoms with Gasteiger partial charge in [-0.15, -0.1) is 0 Å². The summed E-state index contributed by atoms with van der Waals surface area (Å²) in [5.41, 5.74) is 4.14. The first-order chi connectivity index (χ1) is 13.6. The van der Waals surface area contributed by atoms with Gasteiger partial charge in [-0.25, -0.2) is 0 Å². The van der Waals surface area contributed by atoms with E-state index in [2.05, 4.69) is 41.9 Å². The fourth-order valence-corrected chi connectivity index (χ4v) is 4.21. The molecule has 1 fully saturated rings. The lowest BCUT2D eigenvalue weighted by molar-refractivity contribution is 0.0952. The molecule has 1 aromatic heterocycles. The van der Waals surface area contributed by atoms with E-state index in [9.17, 15) is 4.79 Å². The Morgan fingerprint density at radius 3 is 2.54 bits per heavy atom. The highest BCUT2D eigenvalue weighted by atomic mass is 16.5. The fourth-order valence-electron chi connectivity index (χ4n) is 4.21. The molecule has 3 rings (SSSR count). The highest BCUT2D eigenvalue weighted by Crippen LogP contribution is 2.32. The first-order valence-electron chi connectivity index (χ1n) is 10.8. The van der Waals surface area contributed by atoms with Crippen molar-refractivity contribution in [3.63, 3.8) is 0 Å². The predicted molar refractivity (Wildman–Crippen MR) is 115 cm³/mol. The standard InChI is InChI=1S/C24H34N2O2/c1-4-5-15-25-24(27)22-16-23(20-11-13-21(28-3)14-12-20)26(18(22)2)17-19-9-7-6-8-10-19/h11-14,16,19H,4-10,15,17H2,1-3H3,(H,25,27). The minimum atomic E-state index is 0.0445. The fraction of sp³-hybridized carbons (Fsp3) is 0.542. The summed E-state index contributed by atoms with van der Waals surface area (Å²) in [4.78, 5) is 12.8. The monoisotopic (exact) mass is 382 g/mol. The topological polar surface area (TPSA) is 43.3 Å². The summed E-state index contributed by atoms with van der Waals surface area (Å²) in [5, 5.41) is 3.08. The van der Waals surface area contributed by atoms with Gasteiger partial charge in [0, 0.05) is 24.5 Å². The van der Waals surface area contributed by atoms with Gasteiger partial charge in [0.25, 0.3) is 5.91 Å². The van der Waals surface area contributed by atoms with Gasteiger partial charge in [-0.3, -0.25) is 4.79 Å². The summed E-state index contributed by atoms with van der Waals surface area (Å²) in [6.07, 6.45) is 8.69. The molecule has 28 heavy (non-hydrogen) atoms. The van der Waals surface area contributed by atoms with E-state index in [0.29, 0.717) is 5.92 Å². The molecular weight excluding hydrogens is 348 g/mol. The van der Waals surface area contributed by atoms with E-state index in [0.717, 1.165) is 54.2 Å². The van der Waals surface area contributed by atoms with E-state index in [4.69, 9.17) is 4.74 Å². The second kappa shape index (κ2) is 9.81. The molecule has 2 aromatic rings. The molecule has 1 N–H and O–H groups in total. The molecule has 0 unspecified atom stereocenters. The van der Waals surface area contributed by atoms with E-state index < -0.39 is 0 Å². The number of carbonyl (C=O) groups excluding carboxylic acids is 1. The molecule has 0 saturated heterocycles. The Labute approximate surface area is 169 Å². The molecule has 1 aliphatic rings. The van der Waals surface area contributed by atoms with Gasteiger partial charge in [-0.1, -0.05) is 32.6 Å². The summed E-state index contributed by atoms with van der Waals surface area (Å²) in [7, 11) is 1.68. The van der Waals surface area contributed by atoms with Gasteiger partial charge in [-0.2, -0.15) is 0 Å². The van der Waals surface area contributed by atoms with Crippen LogP contribution in [-0.2, 0) is 6.54 Å². The average Bonchev–Trinajstić information content (AvgIpc) is 3.05. The Hall–Kier alpha value is -2.23. The van der Waals surface area contributed by atoms with Crippen LogP contribution in [0.2, 0.25) is 0 Å². The highest BCUT2D eigenvalue weighted by molar-refractivity contribution is 5.97. The maximum Gasteiger partial charge on any atom is 0.253 e. The summed E-state index contributed by atoms with van der Waals surface area (Å²) in [5.74, 6) is 1.60. The summed E-state index contributed by atoms with van der Waals surface area (Å²) in [6.45, 7) is 5.96. The number of ether oxygens (including phenoxy) is 1. The van der Waals surface area contributed by atoms with E-state index in [1.165, 1.54) is 32.1 Å². The average molecular weight is 383 g/mol. The van der Waals surface area contributed by atoms with Crippen molar-refractivity contribution in [2.45, 2.75) is 65.3 Å². The van der Waals surface area contributed by atoms with Gasteiger partial charge in [0.2, 0.25) is 0 Å². The molecule has 1 amide bonds. The molecule has 1 aromatic carbocycles. The zero-order valence-corrected chi connectivity index (χ0v) is 17.6. The summed E-state index contributed by atoms with van der Waals surface area (Å²) < 4.78 is 7.68. The first-order valence-corrected chi connectivity index (χ1v) is 10.8. The van der Waals surface area contributed by atoms with Gasteiger partial charge in [0.15, 0.2) is 0 Å². The van der Waals surface area contributed by atoms with Crippen LogP contribution in [0.25, 0.3) is 11.3 Å². The van der Waals surface area contributed by atoms with Crippen LogP contribution in [0.4, 0.5) is 0 Å². The molecule has 0 aliphatic heterocycles. The van der Waals surface area contributed by atoms with Crippen LogP contribution in [0.3, 0.4) is 0 Å². The molecule has 0 atom stereocenters. The molecule has 4 nitrogen and oxygen atoms in total. The van der Waals surface area contributed by atoms with Crippen LogP contribution in [0, 0.1) is 12.8 Å². The maximum absolute atomic E-state index is 12.8. The molecule has 0 radical (unpaired) electrons. The molecule has 1 saturated carbocycles. The lowest BCUT2D eigenvalue weighted by atomic mass is 9.89. The maximum atomic E-state index is 12.8. The third kappa shape index (κ3) is 4.78. The zero-order valence-electron chi connectivity index (χ0n) is 17.6. The molecule has 0 spiro atoms. The Bertz CT molecular complexity index is 771. The molecule has 1 aliphatic carbocycles. The molecule has 0 bridgehead atoms. The van der Waals surface area contributed by atoms with Crippen LogP contribution < -0.4 is 10.1 Å². The number of carbonyl (C=O) groups is 1. The van der Waals surface area contributed by atoms with Crippen LogP contribution in [0.5, 0.6) is 5.75 Å². The Morgan fingerprint density at radius 1 is 1.18 bits per heavy atom. The number of amides is 1. The number of aromatic nitrogens is 1. The number of nitrogens with one attached hydrogen (secondary N) is 1. The Balaban J connectivity index is 1.92. The van der Waals surface area contributed by atoms with Gasteiger partial charge >= 0.3 is 0 Å². The number of hydrogen-bond donors (Lipinski definition) is 1. The van der Waals surface area contributed by atoms with Gasteiger partial charge in [0.1, 0.15) is 5.75 Å². The van der Waals surface area contributed by atoms with Crippen molar-refractivity contribution in [2.75, 3.05) is 13.7 Å². The van der Waals surface area contributed by atoms with Crippen LogP contribution in [0.15, 0.2) is 30.3 Å². The van der Waals surface area contributed by atoms with Crippen molar-refractivity contribution >= 4 is 5.91 Å². The van der Waals surface area contributed by atoms with Crippen LogP contribution in [0.1, 0.15) is 67.9 Å². The van der Waals surface area contributed by atoms with Crippen molar-refractivity contribution < 1.29 is 9.53 Å². The third-order valence-corrected chi connectivity index (χ3v) is 5.98. The second-order valence-corrected chi connectivity index (χ2v) is 7.98. The van der Waals surface area contributed by atoms with E-state index in [1.54, 1.807) is 7.11 Å². The van der Waals surface area contributed by atoms with Crippen molar-refractivity contribution in [1.29, 1.82) is 0 Å². The SMILES string of the molecule is CCCCNC(=O)c1cc(-c2ccc(OC)cc2)n(CC2CCCCC2)c1C. The summed E-state index contributed by atoms with van der Waals surface area (Å²) in [6, 6.07) is 10.2. The molecular formula is C24H34N2O2. The smallest absolute Gasteiger partial charge is 0.253 e. The normalized spacial score (nSPS) is 14.8. The number of methoxy groups -OCH3 is 1. The largest absolute Gasteiger partial charge is 0.497 e. The second-order valence-electron chi connectivity index (χ2n) is 7.98. The predicted octanol–water partition coefficient (Wildman–Crippen LogP) is 5.58. The molecule has 1 heterocycles. The lowest BCUT2D eigenvalue weighted by Crippen LogP contribution is -2.25. The molecule has 152 valence electrons. The number of benzene rings is 1. The lowest BCUT2D eigenvalue weighted by Gasteiger charge is -2.24.